The molecule has 0 aliphatic carbocycles. The van der Waals surface area contributed by atoms with Crippen molar-refractivity contribution < 1.29 is 21.6 Å². The molecule has 0 saturated carbocycles. The van der Waals surface area contributed by atoms with Crippen LogP contribution in [-0.2, 0) is 10.0 Å². The number of thiazole rings is 1. The fourth-order valence-electron chi connectivity index (χ4n) is 2.69. The van der Waals surface area contributed by atoms with Crippen LogP contribution in [0.5, 0.6) is 0 Å². The highest BCUT2D eigenvalue weighted by Crippen LogP contribution is 2.29. The standard InChI is InChI=1S/C17H18F3N5O2S2/c1-9-3-4-11(29(26,27)24-8-17(18,19)20)5-12(9)13-6-23-16(21)15(25-13)14-7-22-10(2)28-14/h3-7,15-16,24H,8,21H2,1-2H3. The normalized spacial score (nSPS) is 20.0. The molecule has 156 valence electrons. The summed E-state index contributed by atoms with van der Waals surface area (Å²) >= 11 is 1.43. The minimum Gasteiger partial charge on any atom is -0.308 e. The molecule has 1 aliphatic heterocycles. The molecule has 0 saturated heterocycles. The number of halogens is 3. The van der Waals surface area contributed by atoms with Crippen LogP contribution >= 0.6 is 11.3 Å². The zero-order valence-electron chi connectivity index (χ0n) is 15.4. The molecule has 7 nitrogen and oxygen atoms in total. The second kappa shape index (κ2) is 7.94. The summed E-state index contributed by atoms with van der Waals surface area (Å²) in [5.41, 5.74) is 7.58. The van der Waals surface area contributed by atoms with Gasteiger partial charge >= 0.3 is 6.18 Å². The predicted octanol–water partition coefficient (Wildman–Crippen LogP) is 2.50. The maximum Gasteiger partial charge on any atom is 0.402 e. The van der Waals surface area contributed by atoms with E-state index < -0.39 is 35.0 Å². The lowest BCUT2D eigenvalue weighted by molar-refractivity contribution is -0.121. The minimum atomic E-state index is -4.66. The van der Waals surface area contributed by atoms with Gasteiger partial charge in [-0.05, 0) is 31.5 Å². The van der Waals surface area contributed by atoms with Gasteiger partial charge in [0, 0.05) is 18.0 Å². The summed E-state index contributed by atoms with van der Waals surface area (Å²) in [6.07, 6.45) is -2.16. The van der Waals surface area contributed by atoms with E-state index in [9.17, 15) is 21.6 Å². The van der Waals surface area contributed by atoms with Crippen LogP contribution in [0.4, 0.5) is 13.2 Å². The fourth-order valence-corrected chi connectivity index (χ4v) is 4.59. The average molecular weight is 445 g/mol. The Hall–Kier alpha value is -2.15. The van der Waals surface area contributed by atoms with E-state index in [1.807, 2.05) is 6.92 Å². The van der Waals surface area contributed by atoms with E-state index in [1.165, 1.54) is 35.8 Å². The summed E-state index contributed by atoms with van der Waals surface area (Å²) in [5, 5.41) is 0.846. The SMILES string of the molecule is Cc1ncc(C2N=C(c3cc(S(=O)(=O)NCC(F)(F)F)ccc3C)C=NC2N)s1. The number of hydrogen-bond acceptors (Lipinski definition) is 7. The quantitative estimate of drug-likeness (QED) is 0.737. The summed E-state index contributed by atoms with van der Waals surface area (Å²) < 4.78 is 63.3. The number of benzene rings is 1. The molecule has 0 amide bonds. The van der Waals surface area contributed by atoms with Crippen LogP contribution in [0.15, 0.2) is 39.3 Å². The molecule has 2 aromatic rings. The van der Waals surface area contributed by atoms with Gasteiger partial charge in [0.15, 0.2) is 0 Å². The molecule has 2 unspecified atom stereocenters. The monoisotopic (exact) mass is 445 g/mol. The first-order valence-corrected chi connectivity index (χ1v) is 10.7. The van der Waals surface area contributed by atoms with Crippen LogP contribution in [-0.4, -0.2) is 44.2 Å². The maximum absolute atomic E-state index is 12.4. The van der Waals surface area contributed by atoms with Crippen LogP contribution < -0.4 is 10.5 Å². The van der Waals surface area contributed by atoms with Crippen LogP contribution in [0.2, 0.25) is 0 Å². The Balaban J connectivity index is 1.96. The lowest BCUT2D eigenvalue weighted by Crippen LogP contribution is -2.34. The lowest BCUT2D eigenvalue weighted by Gasteiger charge is -2.21. The predicted molar refractivity (Wildman–Crippen MR) is 105 cm³/mol. The zero-order chi connectivity index (χ0) is 21.4. The van der Waals surface area contributed by atoms with Crippen molar-refractivity contribution in [2.45, 2.75) is 37.1 Å². The number of nitrogens with one attached hydrogen (secondary N) is 1. The van der Waals surface area contributed by atoms with E-state index in [0.29, 0.717) is 16.8 Å². The van der Waals surface area contributed by atoms with Crippen molar-refractivity contribution in [2.24, 2.45) is 15.7 Å². The highest BCUT2D eigenvalue weighted by molar-refractivity contribution is 7.89. The molecule has 1 aromatic carbocycles. The Morgan fingerprint density at radius 3 is 2.62 bits per heavy atom. The van der Waals surface area contributed by atoms with Crippen LogP contribution in [0.1, 0.15) is 27.1 Å². The number of aromatic nitrogens is 1. The molecule has 2 heterocycles. The van der Waals surface area contributed by atoms with Crippen molar-refractivity contribution in [1.29, 1.82) is 0 Å². The molecular weight excluding hydrogens is 427 g/mol. The Kier molecular flexibility index (Phi) is 5.90. The van der Waals surface area contributed by atoms with E-state index >= 15 is 0 Å². The number of alkyl halides is 3. The number of nitrogens with zero attached hydrogens (tertiary/aromatic N) is 3. The van der Waals surface area contributed by atoms with Crippen molar-refractivity contribution in [1.82, 2.24) is 9.71 Å². The van der Waals surface area contributed by atoms with Gasteiger partial charge in [-0.25, -0.2) is 18.1 Å². The van der Waals surface area contributed by atoms with Crippen molar-refractivity contribution in [3.8, 4) is 0 Å². The zero-order valence-corrected chi connectivity index (χ0v) is 17.1. The summed E-state index contributed by atoms with van der Waals surface area (Å²) in [5.74, 6) is 0. The van der Waals surface area contributed by atoms with Crippen LogP contribution in [0.25, 0.3) is 0 Å². The maximum atomic E-state index is 12.4. The number of aliphatic imine (C=N–C) groups is 2. The van der Waals surface area contributed by atoms with E-state index in [-0.39, 0.29) is 4.90 Å². The molecule has 0 bridgehead atoms. The number of sulfonamides is 1. The molecule has 2 atom stereocenters. The van der Waals surface area contributed by atoms with Gasteiger partial charge in [-0.3, -0.25) is 9.98 Å². The van der Waals surface area contributed by atoms with E-state index in [2.05, 4.69) is 15.0 Å². The fraction of sp³-hybridized carbons (Fsp3) is 0.353. The van der Waals surface area contributed by atoms with E-state index in [1.54, 1.807) is 17.8 Å². The summed E-state index contributed by atoms with van der Waals surface area (Å²) in [4.78, 5) is 13.6. The van der Waals surface area contributed by atoms with Gasteiger partial charge in [0.05, 0.1) is 20.5 Å². The van der Waals surface area contributed by atoms with Crippen molar-refractivity contribution >= 4 is 33.3 Å². The summed E-state index contributed by atoms with van der Waals surface area (Å²) in [7, 11) is -4.35. The summed E-state index contributed by atoms with van der Waals surface area (Å²) in [6.45, 7) is 1.94. The van der Waals surface area contributed by atoms with E-state index in [4.69, 9.17) is 5.73 Å². The second-order valence-corrected chi connectivity index (χ2v) is 9.46. The first-order valence-electron chi connectivity index (χ1n) is 8.42. The van der Waals surface area contributed by atoms with E-state index in [0.717, 1.165) is 9.88 Å². The van der Waals surface area contributed by atoms with Crippen molar-refractivity contribution in [3.05, 3.63) is 45.4 Å². The third-order valence-electron chi connectivity index (χ3n) is 4.16. The summed E-state index contributed by atoms with van der Waals surface area (Å²) in [6, 6.07) is 3.55. The molecule has 3 N–H and O–H groups in total. The highest BCUT2D eigenvalue weighted by Gasteiger charge is 2.30. The van der Waals surface area contributed by atoms with Gasteiger partial charge in [-0.2, -0.15) is 13.2 Å². The van der Waals surface area contributed by atoms with Gasteiger partial charge in [0.25, 0.3) is 0 Å². The largest absolute Gasteiger partial charge is 0.402 e. The molecular formula is C17H18F3N5O2S2. The van der Waals surface area contributed by atoms with Gasteiger partial charge in [0.2, 0.25) is 10.0 Å². The number of nitrogens with two attached hydrogens (primary N) is 1. The second-order valence-electron chi connectivity index (χ2n) is 6.43. The van der Waals surface area contributed by atoms with Gasteiger partial charge < -0.3 is 5.73 Å². The Labute approximate surface area is 169 Å². The number of aryl methyl sites for hydroxylation is 2. The molecule has 0 fully saturated rings. The minimum absolute atomic E-state index is 0.293. The first kappa shape index (κ1) is 21.6. The molecule has 0 radical (unpaired) electrons. The average Bonchev–Trinajstić information content (AvgIpc) is 3.06. The molecule has 12 heteroatoms. The molecule has 29 heavy (non-hydrogen) atoms. The Morgan fingerprint density at radius 2 is 2.00 bits per heavy atom. The van der Waals surface area contributed by atoms with Gasteiger partial charge in [-0.1, -0.05) is 6.07 Å². The molecule has 1 aliphatic rings. The Bertz CT molecular complexity index is 1080. The molecule has 3 rings (SSSR count). The lowest BCUT2D eigenvalue weighted by atomic mass is 10.0. The van der Waals surface area contributed by atoms with Crippen molar-refractivity contribution in [3.63, 3.8) is 0 Å². The van der Waals surface area contributed by atoms with Crippen LogP contribution in [0.3, 0.4) is 0 Å². The van der Waals surface area contributed by atoms with Crippen LogP contribution in [0, 0.1) is 13.8 Å². The Morgan fingerprint density at radius 1 is 1.28 bits per heavy atom. The number of hydrogen-bond donors (Lipinski definition) is 2. The van der Waals surface area contributed by atoms with Crippen molar-refractivity contribution in [2.75, 3.05) is 6.54 Å². The smallest absolute Gasteiger partial charge is 0.308 e. The highest BCUT2D eigenvalue weighted by atomic mass is 32.2. The molecule has 1 aromatic heterocycles. The number of rotatable bonds is 5. The van der Waals surface area contributed by atoms with Gasteiger partial charge in [0.1, 0.15) is 18.8 Å². The first-order chi connectivity index (χ1) is 13.5. The topological polar surface area (TPSA) is 110 Å². The van der Waals surface area contributed by atoms with Gasteiger partial charge in [-0.15, -0.1) is 11.3 Å². The third-order valence-corrected chi connectivity index (χ3v) is 6.54. The third kappa shape index (κ3) is 5.07. The molecule has 0 spiro atoms.